The summed E-state index contributed by atoms with van der Waals surface area (Å²) in [4.78, 5) is 0. The van der Waals surface area contributed by atoms with Gasteiger partial charge in [0.05, 0.1) is 13.7 Å². The summed E-state index contributed by atoms with van der Waals surface area (Å²) in [5.74, 6) is 1.00. The summed E-state index contributed by atoms with van der Waals surface area (Å²) in [6, 6.07) is 7.65. The third-order valence-electron chi connectivity index (χ3n) is 3.35. The van der Waals surface area contributed by atoms with Gasteiger partial charge >= 0.3 is 0 Å². The van der Waals surface area contributed by atoms with Gasteiger partial charge in [0.1, 0.15) is 17.5 Å². The fourth-order valence-electron chi connectivity index (χ4n) is 1.97. The summed E-state index contributed by atoms with van der Waals surface area (Å²) in [6.07, 6.45) is -0.210. The molecule has 88 valence electrons. The van der Waals surface area contributed by atoms with Crippen molar-refractivity contribution in [3.8, 4) is 5.75 Å². The Hall–Kier alpha value is -1.06. The molecule has 1 aliphatic heterocycles. The smallest absolute Gasteiger partial charge is 0.120 e. The quantitative estimate of drug-likeness (QED) is 0.851. The van der Waals surface area contributed by atoms with E-state index in [9.17, 15) is 5.11 Å². The Morgan fingerprint density at radius 3 is 2.38 bits per heavy atom. The Bertz CT molecular complexity index is 358. The molecule has 1 N–H and O–H groups in total. The number of methoxy groups -OCH3 is 1. The minimum absolute atomic E-state index is 0.188. The fourth-order valence-corrected chi connectivity index (χ4v) is 1.97. The monoisotopic (exact) mass is 222 g/mol. The van der Waals surface area contributed by atoms with Crippen molar-refractivity contribution in [2.24, 2.45) is 5.92 Å². The SMILES string of the molecule is COc1ccc([C@H]2OC[C@]2(O)C(C)C)cc1. The van der Waals surface area contributed by atoms with Crippen LogP contribution in [-0.2, 0) is 4.74 Å². The molecule has 1 heterocycles. The molecule has 1 fully saturated rings. The lowest BCUT2D eigenvalue weighted by molar-refractivity contribution is -0.261. The Morgan fingerprint density at radius 2 is 2.00 bits per heavy atom. The number of ether oxygens (including phenoxy) is 2. The van der Waals surface area contributed by atoms with Crippen LogP contribution in [0.25, 0.3) is 0 Å². The van der Waals surface area contributed by atoms with Crippen molar-refractivity contribution >= 4 is 0 Å². The van der Waals surface area contributed by atoms with E-state index in [0.29, 0.717) is 6.61 Å². The van der Waals surface area contributed by atoms with E-state index in [1.54, 1.807) is 7.11 Å². The van der Waals surface area contributed by atoms with Crippen LogP contribution < -0.4 is 4.74 Å². The van der Waals surface area contributed by atoms with Crippen molar-refractivity contribution in [1.29, 1.82) is 0 Å². The first-order valence-corrected chi connectivity index (χ1v) is 5.56. The molecular weight excluding hydrogens is 204 g/mol. The predicted molar refractivity (Wildman–Crippen MR) is 61.5 cm³/mol. The zero-order valence-electron chi connectivity index (χ0n) is 9.93. The van der Waals surface area contributed by atoms with Gasteiger partial charge in [0.25, 0.3) is 0 Å². The van der Waals surface area contributed by atoms with E-state index in [1.807, 2.05) is 38.1 Å². The van der Waals surface area contributed by atoms with Crippen LogP contribution in [0.15, 0.2) is 24.3 Å². The number of rotatable bonds is 3. The highest BCUT2D eigenvalue weighted by atomic mass is 16.6. The van der Waals surface area contributed by atoms with E-state index in [1.165, 1.54) is 0 Å². The van der Waals surface area contributed by atoms with Crippen LogP contribution in [0.4, 0.5) is 0 Å². The molecule has 0 spiro atoms. The molecule has 0 aliphatic carbocycles. The molecule has 0 radical (unpaired) electrons. The summed E-state index contributed by atoms with van der Waals surface area (Å²) < 4.78 is 10.6. The summed E-state index contributed by atoms with van der Waals surface area (Å²) in [6.45, 7) is 4.44. The third-order valence-corrected chi connectivity index (χ3v) is 3.35. The first kappa shape index (κ1) is 11.4. The Balaban J connectivity index is 2.19. The van der Waals surface area contributed by atoms with Crippen molar-refractivity contribution in [3.63, 3.8) is 0 Å². The molecule has 0 saturated carbocycles. The van der Waals surface area contributed by atoms with Crippen LogP contribution in [0.3, 0.4) is 0 Å². The zero-order chi connectivity index (χ0) is 11.8. The molecular formula is C13H18O3. The molecule has 2 atom stereocenters. The number of aliphatic hydroxyl groups is 1. The highest BCUT2D eigenvalue weighted by molar-refractivity contribution is 5.31. The maximum absolute atomic E-state index is 10.4. The molecule has 0 amide bonds. The Labute approximate surface area is 96.0 Å². The second-order valence-corrected chi connectivity index (χ2v) is 4.61. The van der Waals surface area contributed by atoms with Gasteiger partial charge in [0, 0.05) is 0 Å². The molecule has 0 bridgehead atoms. The topological polar surface area (TPSA) is 38.7 Å². The van der Waals surface area contributed by atoms with Gasteiger partial charge in [-0.2, -0.15) is 0 Å². The molecule has 1 saturated heterocycles. The van der Waals surface area contributed by atoms with Crippen molar-refractivity contribution in [2.75, 3.05) is 13.7 Å². The molecule has 0 aromatic heterocycles. The van der Waals surface area contributed by atoms with E-state index in [0.717, 1.165) is 11.3 Å². The lowest BCUT2D eigenvalue weighted by atomic mass is 9.78. The molecule has 3 nitrogen and oxygen atoms in total. The lowest BCUT2D eigenvalue weighted by Gasteiger charge is -2.48. The number of benzene rings is 1. The van der Waals surface area contributed by atoms with Gasteiger partial charge < -0.3 is 14.6 Å². The van der Waals surface area contributed by atoms with Gasteiger partial charge in [-0.15, -0.1) is 0 Å². The Kier molecular flexibility index (Phi) is 2.91. The fraction of sp³-hybridized carbons (Fsp3) is 0.538. The van der Waals surface area contributed by atoms with E-state index in [-0.39, 0.29) is 12.0 Å². The van der Waals surface area contributed by atoms with Gasteiger partial charge in [-0.05, 0) is 23.6 Å². The highest BCUT2D eigenvalue weighted by Gasteiger charge is 2.49. The predicted octanol–water partition coefficient (Wildman–Crippen LogP) is 2.15. The molecule has 1 aromatic carbocycles. The molecule has 0 unspecified atom stereocenters. The van der Waals surface area contributed by atoms with E-state index >= 15 is 0 Å². The number of hydrogen-bond donors (Lipinski definition) is 1. The van der Waals surface area contributed by atoms with Crippen LogP contribution in [0.2, 0.25) is 0 Å². The maximum atomic E-state index is 10.4. The molecule has 16 heavy (non-hydrogen) atoms. The van der Waals surface area contributed by atoms with Crippen molar-refractivity contribution in [2.45, 2.75) is 25.6 Å². The summed E-state index contributed by atoms with van der Waals surface area (Å²) in [5.41, 5.74) is 0.275. The largest absolute Gasteiger partial charge is 0.497 e. The van der Waals surface area contributed by atoms with Gasteiger partial charge in [0.15, 0.2) is 0 Å². The second kappa shape index (κ2) is 4.07. The summed E-state index contributed by atoms with van der Waals surface area (Å²) in [5, 5.41) is 10.4. The highest BCUT2D eigenvalue weighted by Crippen LogP contribution is 2.43. The summed E-state index contributed by atoms with van der Waals surface area (Å²) >= 11 is 0. The molecule has 1 aromatic rings. The minimum atomic E-state index is -0.728. The van der Waals surface area contributed by atoms with Crippen LogP contribution >= 0.6 is 0 Å². The maximum Gasteiger partial charge on any atom is 0.120 e. The zero-order valence-corrected chi connectivity index (χ0v) is 9.93. The van der Waals surface area contributed by atoms with Gasteiger partial charge in [0.2, 0.25) is 0 Å². The minimum Gasteiger partial charge on any atom is -0.497 e. The average Bonchev–Trinajstić information content (AvgIpc) is 2.27. The molecule has 1 aliphatic rings. The van der Waals surface area contributed by atoms with Crippen molar-refractivity contribution in [3.05, 3.63) is 29.8 Å². The second-order valence-electron chi connectivity index (χ2n) is 4.61. The average molecular weight is 222 g/mol. The van der Waals surface area contributed by atoms with Crippen molar-refractivity contribution < 1.29 is 14.6 Å². The van der Waals surface area contributed by atoms with Crippen LogP contribution in [0.1, 0.15) is 25.5 Å². The number of hydrogen-bond acceptors (Lipinski definition) is 3. The van der Waals surface area contributed by atoms with Crippen molar-refractivity contribution in [1.82, 2.24) is 0 Å². The van der Waals surface area contributed by atoms with Gasteiger partial charge in [-0.3, -0.25) is 0 Å². The van der Waals surface area contributed by atoms with Crippen LogP contribution in [0, 0.1) is 5.92 Å². The van der Waals surface area contributed by atoms with Crippen LogP contribution in [-0.4, -0.2) is 24.4 Å². The Morgan fingerprint density at radius 1 is 1.38 bits per heavy atom. The lowest BCUT2D eigenvalue weighted by Crippen LogP contribution is -2.55. The molecule has 3 heteroatoms. The first-order chi connectivity index (χ1) is 7.58. The summed E-state index contributed by atoms with van der Waals surface area (Å²) in [7, 11) is 1.64. The van der Waals surface area contributed by atoms with Gasteiger partial charge in [-0.25, -0.2) is 0 Å². The van der Waals surface area contributed by atoms with E-state index in [2.05, 4.69) is 0 Å². The normalized spacial score (nSPS) is 28.9. The first-order valence-electron chi connectivity index (χ1n) is 5.56. The van der Waals surface area contributed by atoms with Gasteiger partial charge in [-0.1, -0.05) is 26.0 Å². The standard InChI is InChI=1S/C13H18O3/c1-9(2)13(14)8-16-12(13)10-4-6-11(15-3)7-5-10/h4-7,9,12,14H,8H2,1-3H3/t12-,13+/m1/s1. The molecule has 2 rings (SSSR count). The third kappa shape index (κ3) is 1.70. The van der Waals surface area contributed by atoms with Crippen LogP contribution in [0.5, 0.6) is 5.75 Å². The van der Waals surface area contributed by atoms with E-state index < -0.39 is 5.60 Å². The van der Waals surface area contributed by atoms with E-state index in [4.69, 9.17) is 9.47 Å².